The average Bonchev–Trinajstić information content (AvgIpc) is 1.62. The zero-order chi connectivity index (χ0) is 99.1. The molecule has 136 heavy (non-hydrogen) atoms. The number of aromatic amines is 3. The number of thioether (sulfide) groups is 1. The maximum atomic E-state index is 15.8. The molecule has 0 aliphatic carbocycles. The van der Waals surface area contributed by atoms with Gasteiger partial charge in [0.2, 0.25) is 94.5 Å². The summed E-state index contributed by atoms with van der Waals surface area (Å²) in [5.74, 6) is -18.9. The molecule has 3 aliphatic rings. The van der Waals surface area contributed by atoms with E-state index < -0.39 is 254 Å². The Kier molecular flexibility index (Phi) is 40.0. The zero-order valence-electron chi connectivity index (χ0n) is 77.2. The number of aliphatic hydroxyl groups is 1. The van der Waals surface area contributed by atoms with Crippen molar-refractivity contribution >= 4 is 140 Å². The number of carboxylic acids is 2. The number of imidazole rings is 1. The van der Waals surface area contributed by atoms with Crippen molar-refractivity contribution in [3.05, 3.63) is 120 Å². The number of fused-ring (bicyclic) bond motifs is 4. The number of carbonyl (C=O) groups excluding carboxylic acids is 16. The van der Waals surface area contributed by atoms with E-state index in [9.17, 15) is 63.3 Å². The third kappa shape index (κ3) is 29.2. The first kappa shape index (κ1) is 106. The highest BCUT2D eigenvalue weighted by Crippen LogP contribution is 2.28. The summed E-state index contributed by atoms with van der Waals surface area (Å²) in [6, 6.07) is -1.80. The van der Waals surface area contributed by atoms with Crippen molar-refractivity contribution in [2.24, 2.45) is 17.2 Å². The lowest BCUT2D eigenvalue weighted by Gasteiger charge is -2.36. The van der Waals surface area contributed by atoms with E-state index in [4.69, 9.17) is 21.9 Å². The lowest BCUT2D eigenvalue weighted by Crippen LogP contribution is -2.61. The number of H-pyrrole nitrogens is 3. The molecule has 44 nitrogen and oxygen atoms in total. The number of rotatable bonds is 28. The molecule has 3 aromatic carbocycles. The summed E-state index contributed by atoms with van der Waals surface area (Å²) in [6.07, 6.45) is 1.58. The standard InChI is InChI=1S/C91H126N22O22S/c1-8-10-23-70-84(127)102-61(22-16-33-92)80(123)108-69(79(122)98-45-74(94)115)47-136-48-75(116)100-66(36-51-26-28-56(135-7)29-27-51)87(130)109(4)50(3)78(121)106-68(41-77(119)120)90(133)112-35-17-25-71(112)85(128)105-65(39-54-44-95-49-99-54)83(126)103-63(30-31-76(117)118)89(132)113-46-55(114)40-73(113)86(129)104-64(37-52-42-96-59-20-14-12-18-57(52)59)82(125)101-62(32-34-93)81(124)107-67(38-53-43-97-60-21-15-13-19-58(53)60)88(131)111(6)72(24-11-9-2)91(134)110(70)5/h12-15,18-21,26-29,42-44,49-50,55,61-73,96-97,114H,8-11,16-17,22-25,30-41,45-48,92-93H2,1-7H3,(H2,94,115)(H,95,99)(H,98,122)(H,100,116)(H,101,125)(H,102,127)(H,103,126)(H,104,129)(H,105,128)(H,106,121)(H,107,124)(H,108,123)(H,117,118)(H,119,120)/t50-,55+,61-,62-,63-,64-,65-,66-,67-,68+,69-,70-,71-,72-,73-/m0/s1. The van der Waals surface area contributed by atoms with Crippen molar-refractivity contribution in [2.45, 2.75) is 233 Å². The number of amides is 16. The lowest BCUT2D eigenvalue weighted by atomic mass is 9.99. The number of benzene rings is 3. The number of para-hydroxylation sites is 2. The first-order valence-corrected chi connectivity index (χ1v) is 46.6. The van der Waals surface area contributed by atoms with Crippen LogP contribution in [-0.4, -0.2) is 329 Å². The Morgan fingerprint density at radius 1 is 0.529 bits per heavy atom. The Labute approximate surface area is 789 Å². The SMILES string of the molecule is CCCC[C@H]1C(=O)N(C)[C@@H](CCCC)C(=O)N[C@@H](CCCN)C(=O)N[C@H](C(=O)NCC(N)=O)CSCC(=O)N[C@@H](Cc2ccc(OC)cc2)C(=O)N(C)[C@@H](C)C(=O)N[C@H](CC(=O)O)C(=O)N2CCC[C@H]2C(=O)N[C@@H](Cc2cnc[nH]2)C(=O)N[C@@H](CCC(=O)O)C(=O)N2C[C@H](O)C[C@H]2C(=O)N[C@@H](Cc2c[nH]c3ccccc23)C(=O)N[C@@H](CCN)C(=O)N[C@@H](Cc2c[nH]c3ccccc23)C(=O)N1C. The van der Waals surface area contributed by atoms with Crippen molar-refractivity contribution in [2.75, 3.05) is 72.5 Å². The Balaban J connectivity index is 1.11. The molecule has 0 saturated carbocycles. The Morgan fingerprint density at radius 2 is 1.07 bits per heavy atom. The summed E-state index contributed by atoms with van der Waals surface area (Å²) in [4.78, 5) is 281. The molecule has 45 heteroatoms. The van der Waals surface area contributed by atoms with Crippen molar-refractivity contribution < 1.29 is 106 Å². The first-order valence-electron chi connectivity index (χ1n) is 45.5. The summed E-state index contributed by atoms with van der Waals surface area (Å²) in [5, 5.41) is 59.5. The monoisotopic (exact) mass is 1910 g/mol. The molecule has 9 rings (SSSR count). The topological polar surface area (TPSA) is 652 Å². The van der Waals surface area contributed by atoms with Gasteiger partial charge in [-0.05, 0) is 112 Å². The van der Waals surface area contributed by atoms with Crippen LogP contribution in [0.3, 0.4) is 0 Å². The number of nitrogens with zero attached hydrogens (tertiary/aromatic N) is 6. The summed E-state index contributed by atoms with van der Waals surface area (Å²) in [7, 11) is 5.36. The molecule has 3 aromatic heterocycles. The van der Waals surface area contributed by atoms with E-state index in [1.807, 2.05) is 13.8 Å². The molecule has 22 N–H and O–H groups in total. The molecule has 3 fully saturated rings. The highest BCUT2D eigenvalue weighted by Gasteiger charge is 2.47. The second-order valence-electron chi connectivity index (χ2n) is 34.2. The van der Waals surface area contributed by atoms with Crippen LogP contribution in [0.5, 0.6) is 5.75 Å². The van der Waals surface area contributed by atoms with Gasteiger partial charge in [-0.1, -0.05) is 88.1 Å². The number of aliphatic hydroxyl groups excluding tert-OH is 1. The van der Waals surface area contributed by atoms with Gasteiger partial charge in [0, 0.05) is 125 Å². The van der Waals surface area contributed by atoms with E-state index in [2.05, 4.69) is 73.1 Å². The number of carbonyl (C=O) groups is 18. The van der Waals surface area contributed by atoms with Crippen molar-refractivity contribution in [3.8, 4) is 5.75 Å². The predicted octanol–water partition coefficient (Wildman–Crippen LogP) is -2.38. The largest absolute Gasteiger partial charge is 0.497 e. The minimum Gasteiger partial charge on any atom is -0.497 e. The molecule has 3 saturated heterocycles. The number of nitrogens with one attached hydrogen (secondary N) is 13. The van der Waals surface area contributed by atoms with Gasteiger partial charge < -0.3 is 130 Å². The second kappa shape index (κ2) is 51.2. The minimum atomic E-state index is -1.93. The maximum absolute atomic E-state index is 15.8. The van der Waals surface area contributed by atoms with Gasteiger partial charge in [-0.15, -0.1) is 11.8 Å². The molecular formula is C91H126N22O22S. The number of hydrogen-bond acceptors (Lipinski definition) is 24. The second-order valence-corrected chi connectivity index (χ2v) is 35.3. The Bertz CT molecular complexity index is 5230. The van der Waals surface area contributed by atoms with Crippen LogP contribution in [0.1, 0.15) is 139 Å². The zero-order valence-corrected chi connectivity index (χ0v) is 78.0. The molecule has 6 aromatic rings. The van der Waals surface area contributed by atoms with Crippen LogP contribution >= 0.6 is 11.8 Å². The number of nitrogens with two attached hydrogens (primary N) is 3. The fourth-order valence-electron chi connectivity index (χ4n) is 16.8. The van der Waals surface area contributed by atoms with Crippen LogP contribution in [-0.2, 0) is 112 Å². The molecular weight excluding hydrogens is 1790 g/mol. The third-order valence-electron chi connectivity index (χ3n) is 24.4. The lowest BCUT2D eigenvalue weighted by molar-refractivity contribution is -0.149. The molecule has 0 radical (unpaired) electrons. The van der Waals surface area contributed by atoms with Gasteiger partial charge in [0.05, 0.1) is 38.3 Å². The van der Waals surface area contributed by atoms with Crippen LogP contribution in [0.15, 0.2) is 97.7 Å². The number of unbranched alkanes of at least 4 members (excludes halogenated alkanes) is 2. The number of aromatic nitrogens is 4. The van der Waals surface area contributed by atoms with E-state index in [0.717, 1.165) is 26.5 Å². The smallest absolute Gasteiger partial charge is 0.305 e. The summed E-state index contributed by atoms with van der Waals surface area (Å²) < 4.78 is 5.34. The average molecular weight is 1910 g/mol. The maximum Gasteiger partial charge on any atom is 0.305 e. The van der Waals surface area contributed by atoms with E-state index in [0.29, 0.717) is 69.9 Å². The summed E-state index contributed by atoms with van der Waals surface area (Å²) >= 11 is 0.781. The highest BCUT2D eigenvalue weighted by molar-refractivity contribution is 8.00. The molecule has 3 aliphatic heterocycles. The Hall–Kier alpha value is -13.6. The van der Waals surface area contributed by atoms with Crippen molar-refractivity contribution in [1.82, 2.24) is 97.6 Å². The highest BCUT2D eigenvalue weighted by atomic mass is 32.2. The molecule has 738 valence electrons. The molecule has 6 heterocycles. The summed E-state index contributed by atoms with van der Waals surface area (Å²) in [5.41, 5.74) is 20.7. The van der Waals surface area contributed by atoms with Gasteiger partial charge in [0.15, 0.2) is 0 Å². The van der Waals surface area contributed by atoms with Crippen LogP contribution in [0.25, 0.3) is 21.8 Å². The molecule has 0 bridgehead atoms. The number of carboxylic acid groups (broad SMARTS) is 2. The van der Waals surface area contributed by atoms with Gasteiger partial charge >= 0.3 is 11.9 Å². The predicted molar refractivity (Wildman–Crippen MR) is 496 cm³/mol. The molecule has 0 unspecified atom stereocenters. The number of aliphatic carboxylic acids is 2. The van der Waals surface area contributed by atoms with E-state index >= 15 is 38.4 Å². The minimum absolute atomic E-state index is 0.000282. The van der Waals surface area contributed by atoms with E-state index in [1.165, 1.54) is 57.5 Å². The van der Waals surface area contributed by atoms with Gasteiger partial charge in [0.1, 0.15) is 90.3 Å². The van der Waals surface area contributed by atoms with Gasteiger partial charge in [0.25, 0.3) is 0 Å². The van der Waals surface area contributed by atoms with Gasteiger partial charge in [-0.25, -0.2) is 4.98 Å². The number of primary amides is 1. The number of ether oxygens (including phenoxy) is 1. The van der Waals surface area contributed by atoms with Crippen molar-refractivity contribution in [1.29, 1.82) is 0 Å². The number of hydrogen-bond donors (Lipinski definition) is 19. The molecule has 16 amide bonds. The van der Waals surface area contributed by atoms with Crippen LogP contribution < -0.4 is 75.1 Å². The van der Waals surface area contributed by atoms with E-state index in [1.54, 1.807) is 85.2 Å². The van der Waals surface area contributed by atoms with Crippen LogP contribution in [0, 0.1) is 0 Å². The van der Waals surface area contributed by atoms with Crippen LogP contribution in [0.4, 0.5) is 0 Å². The number of methoxy groups -OCH3 is 1. The molecule has 0 spiro atoms. The Morgan fingerprint density at radius 3 is 1.66 bits per heavy atom. The summed E-state index contributed by atoms with van der Waals surface area (Å²) in [6.45, 7) is 3.19. The molecule has 15 atom stereocenters. The van der Waals surface area contributed by atoms with Crippen LogP contribution in [0.2, 0.25) is 0 Å². The third-order valence-corrected chi connectivity index (χ3v) is 25.5. The van der Waals surface area contributed by atoms with Gasteiger partial charge in [-0.2, -0.15) is 0 Å². The number of likely N-dealkylation sites (N-methyl/N-ethyl adjacent to an activating group) is 3. The normalized spacial score (nSPS) is 24.6. The fourth-order valence-corrected chi connectivity index (χ4v) is 17.6. The first-order chi connectivity index (χ1) is 65.0. The van der Waals surface area contributed by atoms with Crippen molar-refractivity contribution in [3.63, 3.8) is 0 Å². The fraction of sp³-hybridized carbons (Fsp3) is 0.527. The van der Waals surface area contributed by atoms with E-state index in [-0.39, 0.29) is 89.5 Å². The quantitative estimate of drug-likeness (QED) is 0.0244. The van der Waals surface area contributed by atoms with Gasteiger partial charge in [-0.3, -0.25) is 86.3 Å².